The standard InChI is InChI=1S/C40BF28.C12H27N.C12H10/c42-13-1-5(21(50)37(66)33(13)62)17(46)29(58)25(54)9(1)41(10-2-6(18(47)30(59)26(10)55)22(51)38(67)34(63)14(2)43,11-3-7(19(48)31(60)27(11)56)23(52)39(68)35(64)15(3)44)12-4-8(20(49)32(61)28(12)57)24(53)40(69)36(65)16(4)45;1-3-5-6-7-8-9-10-12-13-11-4-2;1-3-7-11(8-4-1)12-9-5-2-6-10-12/h;13H,3-12H2,1-2H3;1-10H/q-1;;/p+1. The number of hydrogen-bond acceptors (Lipinski definition) is 0. The second-order valence-electron chi connectivity index (χ2n) is 21.0. The Morgan fingerprint density at radius 3 is 0.638 bits per heavy atom. The van der Waals surface area contributed by atoms with Crippen LogP contribution in [0, 0.1) is 163 Å². The Labute approximate surface area is 511 Å². The number of hydrogen-bond donors (Lipinski definition) is 1. The summed E-state index contributed by atoms with van der Waals surface area (Å²) in [5.41, 5.74) is -12.9. The Balaban J connectivity index is 0.000000376. The van der Waals surface area contributed by atoms with Gasteiger partial charge in [-0.05, 0) is 51.9 Å². The molecule has 0 atom stereocenters. The van der Waals surface area contributed by atoms with Gasteiger partial charge < -0.3 is 5.32 Å². The van der Waals surface area contributed by atoms with E-state index in [0.717, 1.165) is 0 Å². The van der Waals surface area contributed by atoms with E-state index in [0.29, 0.717) is 0 Å². The van der Waals surface area contributed by atoms with Crippen LogP contribution in [0.1, 0.15) is 65.2 Å². The number of quaternary nitrogens is 1. The van der Waals surface area contributed by atoms with Crippen LogP contribution < -0.4 is 27.2 Å². The maximum absolute atomic E-state index is 17.3. The first-order valence-electron chi connectivity index (χ1n) is 27.7. The van der Waals surface area contributed by atoms with E-state index in [4.69, 9.17) is 0 Å². The number of nitrogens with two attached hydrogens (primary N) is 1. The molecule has 0 radical (unpaired) electrons. The van der Waals surface area contributed by atoms with Crippen LogP contribution in [0.15, 0.2) is 60.7 Å². The SMILES string of the molecule is CCCCCCCCC[NH2+]CCC.Fc1c(F)c(F)c2c([B-](c3c(F)c(F)c(F)c4c(F)c(F)c(F)c(F)c34)(c3c(F)c(F)c(F)c4c(F)c(F)c(F)c(F)c34)c3c(F)c(F)c(F)c4c(F)c(F)c(F)c(F)c34)c(F)c(F)c(F)c2c1F.c1ccc(-c2ccccc2)cc1. The van der Waals surface area contributed by atoms with Crippen molar-refractivity contribution in [2.75, 3.05) is 13.1 Å². The van der Waals surface area contributed by atoms with Gasteiger partial charge in [-0.25, -0.2) is 123 Å². The molecule has 0 aliphatic rings. The highest BCUT2D eigenvalue weighted by Gasteiger charge is 2.52. The number of rotatable bonds is 15. The van der Waals surface area contributed by atoms with Gasteiger partial charge in [0.05, 0.1) is 34.6 Å². The van der Waals surface area contributed by atoms with Crippen LogP contribution >= 0.6 is 0 Å². The molecule has 10 aromatic carbocycles. The highest BCUT2D eigenvalue weighted by molar-refractivity contribution is 7.23. The average molecular weight is 1360 g/mol. The van der Waals surface area contributed by atoms with Gasteiger partial charge in [-0.3, -0.25) is 0 Å². The van der Waals surface area contributed by atoms with Crippen molar-refractivity contribution >= 4 is 71.1 Å². The van der Waals surface area contributed by atoms with Crippen LogP contribution in [0.2, 0.25) is 0 Å². The molecule has 10 aromatic rings. The van der Waals surface area contributed by atoms with E-state index < -0.39 is 234 Å². The van der Waals surface area contributed by atoms with E-state index in [1.54, 1.807) is 0 Å². The first kappa shape index (κ1) is 71.2. The Morgan fingerprint density at radius 1 is 0.213 bits per heavy atom. The van der Waals surface area contributed by atoms with E-state index in [1.165, 1.54) is 75.6 Å². The lowest BCUT2D eigenvalue weighted by atomic mass is 9.11. The lowest BCUT2D eigenvalue weighted by molar-refractivity contribution is -0.655. The van der Waals surface area contributed by atoms with Crippen molar-refractivity contribution < 1.29 is 128 Å². The highest BCUT2D eigenvalue weighted by atomic mass is 19.2. The molecular formula is C64H38BF28N. The van der Waals surface area contributed by atoms with Crippen molar-refractivity contribution in [2.24, 2.45) is 0 Å². The lowest BCUT2D eigenvalue weighted by Crippen LogP contribution is -2.84. The molecule has 0 aromatic heterocycles. The van der Waals surface area contributed by atoms with E-state index in [-0.39, 0.29) is 0 Å². The zero-order valence-electron chi connectivity index (χ0n) is 47.6. The zero-order valence-corrected chi connectivity index (χ0v) is 47.6. The molecule has 0 spiro atoms. The fraction of sp³-hybridized carbons (Fsp3) is 0.188. The van der Waals surface area contributed by atoms with Crippen molar-refractivity contribution in [1.29, 1.82) is 0 Å². The first-order chi connectivity index (χ1) is 44.4. The molecule has 0 saturated heterocycles. The van der Waals surface area contributed by atoms with Crippen molar-refractivity contribution in [1.82, 2.24) is 0 Å². The van der Waals surface area contributed by atoms with E-state index >= 15 is 105 Å². The number of unbranched alkanes of at least 4 members (excludes halogenated alkanes) is 6. The van der Waals surface area contributed by atoms with E-state index in [1.807, 2.05) is 12.1 Å². The van der Waals surface area contributed by atoms with Crippen molar-refractivity contribution in [2.45, 2.75) is 65.2 Å². The summed E-state index contributed by atoms with van der Waals surface area (Å²) in [6, 6.07) is 20.8. The third kappa shape index (κ3) is 11.5. The van der Waals surface area contributed by atoms with E-state index in [2.05, 4.69) is 67.7 Å². The predicted octanol–water partition coefficient (Wildman–Crippen LogP) is 17.6. The maximum atomic E-state index is 17.3. The van der Waals surface area contributed by atoms with Crippen LogP contribution in [-0.2, 0) is 0 Å². The number of benzene rings is 10. The molecule has 10 rings (SSSR count). The van der Waals surface area contributed by atoms with Gasteiger partial charge in [-0.1, -0.05) is 107 Å². The molecule has 0 aliphatic heterocycles. The molecule has 94 heavy (non-hydrogen) atoms. The van der Waals surface area contributed by atoms with Crippen LogP contribution in [-0.4, -0.2) is 19.2 Å². The van der Waals surface area contributed by atoms with Crippen LogP contribution in [0.4, 0.5) is 123 Å². The molecule has 30 heteroatoms. The van der Waals surface area contributed by atoms with Gasteiger partial charge in [-0.15, -0.1) is 21.9 Å². The summed E-state index contributed by atoms with van der Waals surface area (Å²) in [7, 11) is 0. The molecule has 0 heterocycles. The molecule has 1 nitrogen and oxygen atoms in total. The summed E-state index contributed by atoms with van der Waals surface area (Å²) in [5, 5.41) is -24.5. The molecule has 0 bridgehead atoms. The zero-order chi connectivity index (χ0) is 69.6. The molecule has 0 saturated carbocycles. The van der Waals surface area contributed by atoms with Crippen LogP contribution in [0.5, 0.6) is 0 Å². The Hall–Kier alpha value is -8.70. The molecule has 0 aliphatic carbocycles. The third-order valence-electron chi connectivity index (χ3n) is 15.6. The van der Waals surface area contributed by atoms with E-state index in [9.17, 15) is 17.6 Å². The van der Waals surface area contributed by atoms with Gasteiger partial charge in [-0.2, -0.15) is 0 Å². The monoisotopic (exact) mass is 1360 g/mol. The second kappa shape index (κ2) is 28.1. The number of fused-ring (bicyclic) bond motifs is 4. The van der Waals surface area contributed by atoms with Crippen LogP contribution in [0.3, 0.4) is 0 Å². The summed E-state index contributed by atoms with van der Waals surface area (Å²) < 4.78 is 446. The summed E-state index contributed by atoms with van der Waals surface area (Å²) in [4.78, 5) is 0. The minimum Gasteiger partial charge on any atom is -0.346 e. The number of halogens is 28. The Kier molecular flexibility index (Phi) is 21.3. The molecule has 0 fully saturated rings. The summed E-state index contributed by atoms with van der Waals surface area (Å²) in [6.45, 7) is 7.19. The topological polar surface area (TPSA) is 16.6 Å². The van der Waals surface area contributed by atoms with Gasteiger partial charge in [0.1, 0.15) is 29.4 Å². The highest BCUT2D eigenvalue weighted by Crippen LogP contribution is 2.42. The van der Waals surface area contributed by atoms with Crippen LogP contribution in [0.25, 0.3) is 54.2 Å². The maximum Gasteiger partial charge on any atom is 0.198 e. The lowest BCUT2D eigenvalue weighted by Gasteiger charge is -2.47. The summed E-state index contributed by atoms with van der Waals surface area (Å²) >= 11 is 0. The summed E-state index contributed by atoms with van der Waals surface area (Å²) in [6.07, 6.45) is 3.31. The average Bonchev–Trinajstić information content (AvgIpc) is 0.663. The van der Waals surface area contributed by atoms with Gasteiger partial charge in [0.25, 0.3) is 0 Å². The molecule has 0 unspecified atom stereocenters. The Morgan fingerprint density at radius 2 is 0.415 bits per heavy atom. The van der Waals surface area contributed by atoms with Gasteiger partial charge in [0.2, 0.25) is 0 Å². The third-order valence-corrected chi connectivity index (χ3v) is 15.6. The minimum absolute atomic E-state index is 1.28. The normalized spacial score (nSPS) is 11.8. The molecule has 2 N–H and O–H groups in total. The van der Waals surface area contributed by atoms with Crippen molar-refractivity contribution in [3.05, 3.63) is 224 Å². The fourth-order valence-corrected chi connectivity index (χ4v) is 11.4. The Bertz CT molecular complexity index is 4090. The smallest absolute Gasteiger partial charge is 0.198 e. The molecule has 0 amide bonds. The largest absolute Gasteiger partial charge is 0.346 e. The summed E-state index contributed by atoms with van der Waals surface area (Å²) in [5.74, 6) is -104. The minimum atomic E-state index is -8.05. The predicted molar refractivity (Wildman–Crippen MR) is 291 cm³/mol. The van der Waals surface area contributed by atoms with Crippen molar-refractivity contribution in [3.63, 3.8) is 0 Å². The quantitative estimate of drug-likeness (QED) is 0.0346. The van der Waals surface area contributed by atoms with Crippen molar-refractivity contribution in [3.8, 4) is 11.1 Å². The molecule has 498 valence electrons. The fourth-order valence-electron chi connectivity index (χ4n) is 11.4. The second-order valence-corrected chi connectivity index (χ2v) is 21.0. The van der Waals surface area contributed by atoms with Gasteiger partial charge in [0, 0.05) is 0 Å². The first-order valence-corrected chi connectivity index (χ1v) is 27.7. The van der Waals surface area contributed by atoms with Gasteiger partial charge >= 0.3 is 0 Å². The van der Waals surface area contributed by atoms with Gasteiger partial charge in [0.15, 0.2) is 140 Å². The molecular weight excluding hydrogens is 1330 g/mol.